The van der Waals surface area contributed by atoms with Crippen molar-refractivity contribution in [3.8, 4) is 0 Å². The van der Waals surface area contributed by atoms with Gasteiger partial charge < -0.3 is 4.98 Å². The lowest BCUT2D eigenvalue weighted by Crippen LogP contribution is -2.45. The van der Waals surface area contributed by atoms with Gasteiger partial charge in [0.05, 0.1) is 0 Å². The molecule has 0 bridgehead atoms. The molecule has 2 rings (SSSR count). The molecule has 2 heterocycles. The first kappa shape index (κ1) is 13.5. The Kier molecular flexibility index (Phi) is 4.36. The van der Waals surface area contributed by atoms with Crippen LogP contribution in [0.3, 0.4) is 0 Å². The summed E-state index contributed by atoms with van der Waals surface area (Å²) in [6, 6.07) is 0. The third-order valence-corrected chi connectivity index (χ3v) is 4.90. The summed E-state index contributed by atoms with van der Waals surface area (Å²) in [4.78, 5) is 7.00. The van der Waals surface area contributed by atoms with Crippen LogP contribution in [0.1, 0.15) is 25.6 Å². The SMILES string of the molecule is CC1CCN(S(=O)(=O)NCCc2ncc[nH]2)CC1. The number of hydrogen-bond donors (Lipinski definition) is 2. The van der Waals surface area contributed by atoms with Crippen LogP contribution in [0.5, 0.6) is 0 Å². The fraction of sp³-hybridized carbons (Fsp3) is 0.727. The Bertz CT molecular complexity index is 449. The summed E-state index contributed by atoms with van der Waals surface area (Å²) in [6.07, 6.45) is 5.86. The van der Waals surface area contributed by atoms with Crippen molar-refractivity contribution in [1.82, 2.24) is 19.0 Å². The topological polar surface area (TPSA) is 78.1 Å². The van der Waals surface area contributed by atoms with Gasteiger partial charge in [-0.1, -0.05) is 6.92 Å². The monoisotopic (exact) mass is 272 g/mol. The Labute approximate surface area is 108 Å². The Morgan fingerprint density at radius 1 is 1.50 bits per heavy atom. The molecule has 2 N–H and O–H groups in total. The van der Waals surface area contributed by atoms with E-state index < -0.39 is 10.2 Å². The molecule has 0 amide bonds. The Hall–Kier alpha value is -0.920. The maximum atomic E-state index is 12.0. The van der Waals surface area contributed by atoms with Gasteiger partial charge in [-0.2, -0.15) is 12.7 Å². The lowest BCUT2D eigenvalue weighted by Gasteiger charge is -2.29. The van der Waals surface area contributed by atoms with Crippen molar-refractivity contribution < 1.29 is 8.42 Å². The molecule has 0 radical (unpaired) electrons. The van der Waals surface area contributed by atoms with E-state index in [1.165, 1.54) is 4.31 Å². The Morgan fingerprint density at radius 2 is 2.22 bits per heavy atom. The van der Waals surface area contributed by atoms with Crippen molar-refractivity contribution in [3.05, 3.63) is 18.2 Å². The largest absolute Gasteiger partial charge is 0.349 e. The van der Waals surface area contributed by atoms with Crippen molar-refractivity contribution in [2.45, 2.75) is 26.2 Å². The lowest BCUT2D eigenvalue weighted by molar-refractivity contribution is 0.285. The lowest BCUT2D eigenvalue weighted by atomic mass is 10.0. The zero-order valence-electron chi connectivity index (χ0n) is 10.6. The first-order valence-electron chi connectivity index (χ1n) is 6.31. The Balaban J connectivity index is 1.80. The molecule has 0 saturated carbocycles. The molecule has 0 aliphatic carbocycles. The van der Waals surface area contributed by atoms with E-state index in [4.69, 9.17) is 0 Å². The third-order valence-electron chi connectivity index (χ3n) is 3.28. The molecule has 0 spiro atoms. The van der Waals surface area contributed by atoms with Crippen LogP contribution in [-0.2, 0) is 16.6 Å². The number of hydrogen-bond acceptors (Lipinski definition) is 3. The van der Waals surface area contributed by atoms with Crippen LogP contribution in [0.15, 0.2) is 12.4 Å². The smallest absolute Gasteiger partial charge is 0.279 e. The van der Waals surface area contributed by atoms with E-state index in [1.54, 1.807) is 12.4 Å². The van der Waals surface area contributed by atoms with Crippen LogP contribution in [0.2, 0.25) is 0 Å². The molecular weight excluding hydrogens is 252 g/mol. The second kappa shape index (κ2) is 5.81. The van der Waals surface area contributed by atoms with Crippen LogP contribution in [-0.4, -0.2) is 42.3 Å². The van der Waals surface area contributed by atoms with E-state index in [1.807, 2.05) is 0 Å². The Morgan fingerprint density at radius 3 is 2.83 bits per heavy atom. The molecule has 18 heavy (non-hydrogen) atoms. The average molecular weight is 272 g/mol. The van der Waals surface area contributed by atoms with Crippen LogP contribution in [0, 0.1) is 5.92 Å². The van der Waals surface area contributed by atoms with Crippen LogP contribution >= 0.6 is 0 Å². The molecule has 6 nitrogen and oxygen atoms in total. The minimum atomic E-state index is -3.32. The van der Waals surface area contributed by atoms with E-state index >= 15 is 0 Å². The van der Waals surface area contributed by atoms with Gasteiger partial charge >= 0.3 is 0 Å². The van der Waals surface area contributed by atoms with Crippen molar-refractivity contribution >= 4 is 10.2 Å². The molecule has 0 atom stereocenters. The van der Waals surface area contributed by atoms with E-state index in [9.17, 15) is 8.42 Å². The molecule has 7 heteroatoms. The molecule has 1 aromatic heterocycles. The number of nitrogens with one attached hydrogen (secondary N) is 2. The fourth-order valence-corrected chi connectivity index (χ4v) is 3.28. The van der Waals surface area contributed by atoms with Gasteiger partial charge in [0.1, 0.15) is 5.82 Å². The third kappa shape index (κ3) is 3.54. The van der Waals surface area contributed by atoms with E-state index in [2.05, 4.69) is 21.6 Å². The molecule has 1 aromatic rings. The van der Waals surface area contributed by atoms with E-state index in [-0.39, 0.29) is 0 Å². The minimum absolute atomic E-state index is 0.377. The average Bonchev–Trinajstić information content (AvgIpc) is 2.82. The predicted molar refractivity (Wildman–Crippen MR) is 69.2 cm³/mol. The molecule has 1 saturated heterocycles. The maximum absolute atomic E-state index is 12.0. The summed E-state index contributed by atoms with van der Waals surface area (Å²) in [5.41, 5.74) is 0. The minimum Gasteiger partial charge on any atom is -0.349 e. The summed E-state index contributed by atoms with van der Waals surface area (Å²) in [6.45, 7) is 3.78. The van der Waals surface area contributed by atoms with Gasteiger partial charge in [-0.15, -0.1) is 0 Å². The molecule has 0 aromatic carbocycles. The number of H-pyrrole nitrogens is 1. The molecule has 0 unspecified atom stereocenters. The molecule has 1 fully saturated rings. The van der Waals surface area contributed by atoms with Gasteiger partial charge in [0.2, 0.25) is 0 Å². The fourth-order valence-electron chi connectivity index (χ4n) is 2.05. The van der Waals surface area contributed by atoms with Crippen molar-refractivity contribution in [2.24, 2.45) is 5.92 Å². The van der Waals surface area contributed by atoms with Crippen molar-refractivity contribution in [2.75, 3.05) is 19.6 Å². The quantitative estimate of drug-likeness (QED) is 0.820. The second-order valence-corrected chi connectivity index (χ2v) is 6.52. The van der Waals surface area contributed by atoms with E-state index in [0.29, 0.717) is 32.0 Å². The number of piperidine rings is 1. The normalized spacial score (nSPS) is 19.2. The van der Waals surface area contributed by atoms with Gasteiger partial charge in [0.25, 0.3) is 10.2 Å². The highest BCUT2D eigenvalue weighted by Crippen LogP contribution is 2.17. The summed E-state index contributed by atoms with van der Waals surface area (Å²) >= 11 is 0. The van der Waals surface area contributed by atoms with Gasteiger partial charge in [-0.3, -0.25) is 0 Å². The van der Waals surface area contributed by atoms with Gasteiger partial charge in [0, 0.05) is 38.4 Å². The molecular formula is C11H20N4O2S. The summed E-state index contributed by atoms with van der Waals surface area (Å²) in [7, 11) is -3.32. The van der Waals surface area contributed by atoms with Crippen LogP contribution < -0.4 is 4.72 Å². The zero-order chi connectivity index (χ0) is 13.0. The van der Waals surface area contributed by atoms with Crippen LogP contribution in [0.4, 0.5) is 0 Å². The number of imidazole rings is 1. The van der Waals surface area contributed by atoms with E-state index in [0.717, 1.165) is 18.7 Å². The maximum Gasteiger partial charge on any atom is 0.279 e. The predicted octanol–water partition coefficient (Wildman–Crippen LogP) is 0.518. The number of rotatable bonds is 5. The number of nitrogens with zero attached hydrogens (tertiary/aromatic N) is 2. The highest BCUT2D eigenvalue weighted by molar-refractivity contribution is 7.87. The van der Waals surface area contributed by atoms with Crippen LogP contribution in [0.25, 0.3) is 0 Å². The second-order valence-electron chi connectivity index (χ2n) is 4.77. The highest BCUT2D eigenvalue weighted by Gasteiger charge is 2.25. The molecule has 102 valence electrons. The number of aromatic nitrogens is 2. The molecule has 1 aliphatic rings. The summed E-state index contributed by atoms with van der Waals surface area (Å²) in [5, 5.41) is 0. The summed E-state index contributed by atoms with van der Waals surface area (Å²) < 4.78 is 28.2. The van der Waals surface area contributed by atoms with Crippen molar-refractivity contribution in [3.63, 3.8) is 0 Å². The molecule has 1 aliphatic heterocycles. The van der Waals surface area contributed by atoms with Gasteiger partial charge in [-0.05, 0) is 18.8 Å². The van der Waals surface area contributed by atoms with Crippen molar-refractivity contribution in [1.29, 1.82) is 0 Å². The van der Waals surface area contributed by atoms with Gasteiger partial charge in [0.15, 0.2) is 0 Å². The number of aromatic amines is 1. The van der Waals surface area contributed by atoms with Gasteiger partial charge in [-0.25, -0.2) is 9.71 Å². The summed E-state index contributed by atoms with van der Waals surface area (Å²) in [5.74, 6) is 1.42. The standard InChI is InChI=1S/C11H20N4O2S/c1-10-3-8-15(9-4-10)18(16,17)14-5-2-11-12-6-7-13-11/h6-7,10,14H,2-5,8-9H2,1H3,(H,12,13). The highest BCUT2D eigenvalue weighted by atomic mass is 32.2. The zero-order valence-corrected chi connectivity index (χ0v) is 11.4. The first-order valence-corrected chi connectivity index (χ1v) is 7.75. The first-order chi connectivity index (χ1) is 8.58.